The van der Waals surface area contributed by atoms with Gasteiger partial charge in [-0.05, 0) is 45.2 Å². The minimum atomic E-state index is -0.135. The van der Waals surface area contributed by atoms with Crippen molar-refractivity contribution in [2.24, 2.45) is 0 Å². The molecule has 0 aliphatic heterocycles. The highest BCUT2D eigenvalue weighted by atomic mass is 16.2. The molecule has 2 aromatic rings. The van der Waals surface area contributed by atoms with E-state index in [0.717, 1.165) is 24.2 Å². The minimum absolute atomic E-state index is 0.135. The van der Waals surface area contributed by atoms with Gasteiger partial charge in [-0.1, -0.05) is 29.8 Å². The van der Waals surface area contributed by atoms with Crippen molar-refractivity contribution in [2.45, 2.75) is 47.2 Å². The van der Waals surface area contributed by atoms with E-state index in [9.17, 15) is 4.79 Å². The number of nitrogens with one attached hydrogen (secondary N) is 2. The van der Waals surface area contributed by atoms with E-state index in [2.05, 4.69) is 36.5 Å². The first-order chi connectivity index (χ1) is 11.0. The van der Waals surface area contributed by atoms with Crippen LogP contribution in [0.1, 0.15) is 35.0 Å². The Hall–Kier alpha value is -2.30. The van der Waals surface area contributed by atoms with Crippen molar-refractivity contribution in [1.29, 1.82) is 0 Å². The van der Waals surface area contributed by atoms with Crippen LogP contribution < -0.4 is 10.6 Å². The minimum Gasteiger partial charge on any atom is -0.338 e. The number of hydrogen-bond acceptors (Lipinski definition) is 2. The van der Waals surface area contributed by atoms with Crippen LogP contribution in [0.25, 0.3) is 0 Å². The van der Waals surface area contributed by atoms with Gasteiger partial charge in [-0.25, -0.2) is 4.79 Å². The van der Waals surface area contributed by atoms with Gasteiger partial charge in [-0.15, -0.1) is 0 Å². The van der Waals surface area contributed by atoms with E-state index in [1.165, 1.54) is 16.8 Å². The van der Waals surface area contributed by atoms with Gasteiger partial charge < -0.3 is 10.6 Å². The number of carbonyl (C=O) groups is 1. The van der Waals surface area contributed by atoms with Gasteiger partial charge in [-0.2, -0.15) is 5.10 Å². The smallest absolute Gasteiger partial charge is 0.315 e. The second-order valence-corrected chi connectivity index (χ2v) is 5.81. The van der Waals surface area contributed by atoms with E-state index in [1.807, 2.05) is 35.9 Å². The van der Waals surface area contributed by atoms with Crippen LogP contribution in [-0.4, -0.2) is 22.4 Å². The quantitative estimate of drug-likeness (QED) is 0.861. The van der Waals surface area contributed by atoms with Crippen LogP contribution in [-0.2, 0) is 19.5 Å². The maximum Gasteiger partial charge on any atom is 0.315 e. The third-order valence-corrected chi connectivity index (χ3v) is 4.07. The van der Waals surface area contributed by atoms with Gasteiger partial charge in [0.25, 0.3) is 0 Å². The number of aromatic nitrogens is 2. The van der Waals surface area contributed by atoms with Crippen molar-refractivity contribution < 1.29 is 4.79 Å². The lowest BCUT2D eigenvalue weighted by atomic mass is 10.1. The largest absolute Gasteiger partial charge is 0.338 e. The van der Waals surface area contributed by atoms with Crippen LogP contribution in [0.15, 0.2) is 24.3 Å². The van der Waals surface area contributed by atoms with Crippen molar-refractivity contribution in [3.8, 4) is 0 Å². The molecule has 0 saturated carbocycles. The van der Waals surface area contributed by atoms with E-state index in [-0.39, 0.29) is 6.03 Å². The van der Waals surface area contributed by atoms with Gasteiger partial charge in [0, 0.05) is 25.3 Å². The fourth-order valence-electron chi connectivity index (χ4n) is 2.66. The van der Waals surface area contributed by atoms with Crippen LogP contribution in [0.3, 0.4) is 0 Å². The fraction of sp³-hybridized carbons (Fsp3) is 0.444. The van der Waals surface area contributed by atoms with E-state index in [0.29, 0.717) is 13.1 Å². The molecule has 124 valence electrons. The molecule has 0 aliphatic carbocycles. The summed E-state index contributed by atoms with van der Waals surface area (Å²) in [6.45, 7) is 10.3. The van der Waals surface area contributed by atoms with Crippen LogP contribution in [0.5, 0.6) is 0 Å². The highest BCUT2D eigenvalue weighted by molar-refractivity contribution is 5.73. The van der Waals surface area contributed by atoms with E-state index >= 15 is 0 Å². The standard InChI is InChI=1S/C18H26N4O/c1-5-22-15(4)17(14(3)21-22)10-11-19-18(23)20-12-16-8-6-13(2)7-9-16/h6-9H,5,10-12H2,1-4H3,(H2,19,20,23). The number of benzene rings is 1. The fourth-order valence-corrected chi connectivity index (χ4v) is 2.66. The molecule has 0 bridgehead atoms. The Morgan fingerprint density at radius 3 is 2.43 bits per heavy atom. The highest BCUT2D eigenvalue weighted by Crippen LogP contribution is 2.13. The number of rotatable bonds is 6. The predicted molar refractivity (Wildman–Crippen MR) is 92.5 cm³/mol. The maximum atomic E-state index is 11.9. The molecule has 2 rings (SSSR count). The summed E-state index contributed by atoms with van der Waals surface area (Å²) >= 11 is 0. The number of carbonyl (C=O) groups excluding carboxylic acids is 1. The van der Waals surface area contributed by atoms with Crippen LogP contribution >= 0.6 is 0 Å². The molecule has 0 spiro atoms. The predicted octanol–water partition coefficient (Wildman–Crippen LogP) is 2.87. The summed E-state index contributed by atoms with van der Waals surface area (Å²) in [5.41, 5.74) is 5.78. The molecule has 1 heterocycles. The topological polar surface area (TPSA) is 59.0 Å². The van der Waals surface area contributed by atoms with Gasteiger partial charge in [0.1, 0.15) is 0 Å². The molecular weight excluding hydrogens is 288 g/mol. The second-order valence-electron chi connectivity index (χ2n) is 5.81. The van der Waals surface area contributed by atoms with Crippen LogP contribution in [0.2, 0.25) is 0 Å². The molecule has 0 unspecified atom stereocenters. The first-order valence-corrected chi connectivity index (χ1v) is 8.11. The molecule has 0 atom stereocenters. The SMILES string of the molecule is CCn1nc(C)c(CCNC(=O)NCc2ccc(C)cc2)c1C. The van der Waals surface area contributed by atoms with Crippen molar-refractivity contribution in [1.82, 2.24) is 20.4 Å². The van der Waals surface area contributed by atoms with Gasteiger partial charge in [-0.3, -0.25) is 4.68 Å². The Balaban J connectivity index is 1.76. The number of nitrogens with zero attached hydrogens (tertiary/aromatic N) is 2. The first kappa shape index (κ1) is 17.1. The molecule has 1 aromatic heterocycles. The average molecular weight is 314 g/mol. The molecular formula is C18H26N4O. The molecule has 2 amide bonds. The molecule has 0 radical (unpaired) electrons. The Bertz CT molecular complexity index is 658. The molecule has 0 saturated heterocycles. The highest BCUT2D eigenvalue weighted by Gasteiger charge is 2.10. The Morgan fingerprint density at radius 2 is 1.83 bits per heavy atom. The van der Waals surface area contributed by atoms with E-state index < -0.39 is 0 Å². The molecule has 5 heteroatoms. The summed E-state index contributed by atoms with van der Waals surface area (Å²) < 4.78 is 2.00. The molecule has 2 N–H and O–H groups in total. The summed E-state index contributed by atoms with van der Waals surface area (Å²) in [6, 6.07) is 8.02. The Labute approximate surface area is 138 Å². The van der Waals surface area contributed by atoms with Crippen LogP contribution in [0.4, 0.5) is 4.79 Å². The van der Waals surface area contributed by atoms with Crippen molar-refractivity contribution in [3.63, 3.8) is 0 Å². The maximum absolute atomic E-state index is 11.9. The number of hydrogen-bond donors (Lipinski definition) is 2. The van der Waals surface area contributed by atoms with Crippen molar-refractivity contribution in [2.75, 3.05) is 6.54 Å². The van der Waals surface area contributed by atoms with Crippen molar-refractivity contribution in [3.05, 3.63) is 52.3 Å². The van der Waals surface area contributed by atoms with Gasteiger partial charge in [0.2, 0.25) is 0 Å². The lowest BCUT2D eigenvalue weighted by Crippen LogP contribution is -2.36. The zero-order valence-electron chi connectivity index (χ0n) is 14.4. The van der Waals surface area contributed by atoms with Gasteiger partial charge in [0.05, 0.1) is 5.69 Å². The second kappa shape index (κ2) is 7.81. The van der Waals surface area contributed by atoms with Crippen molar-refractivity contribution >= 4 is 6.03 Å². The zero-order valence-corrected chi connectivity index (χ0v) is 14.4. The molecule has 0 aliphatic rings. The summed E-state index contributed by atoms with van der Waals surface area (Å²) in [6.07, 6.45) is 0.801. The first-order valence-electron chi connectivity index (χ1n) is 8.11. The summed E-state index contributed by atoms with van der Waals surface area (Å²) in [7, 11) is 0. The summed E-state index contributed by atoms with van der Waals surface area (Å²) in [5.74, 6) is 0. The molecule has 1 aromatic carbocycles. The summed E-state index contributed by atoms with van der Waals surface area (Å²) in [5, 5.41) is 10.3. The molecule has 0 fully saturated rings. The van der Waals surface area contributed by atoms with Gasteiger partial charge in [0.15, 0.2) is 0 Å². The van der Waals surface area contributed by atoms with E-state index in [1.54, 1.807) is 0 Å². The van der Waals surface area contributed by atoms with Gasteiger partial charge >= 0.3 is 6.03 Å². The average Bonchev–Trinajstić information content (AvgIpc) is 2.81. The number of amides is 2. The lowest BCUT2D eigenvalue weighted by Gasteiger charge is -2.08. The third-order valence-electron chi connectivity index (χ3n) is 4.07. The van der Waals surface area contributed by atoms with E-state index in [4.69, 9.17) is 0 Å². The Kier molecular flexibility index (Phi) is 5.79. The summed E-state index contributed by atoms with van der Waals surface area (Å²) in [4.78, 5) is 11.9. The normalized spacial score (nSPS) is 10.6. The molecule has 23 heavy (non-hydrogen) atoms. The monoisotopic (exact) mass is 314 g/mol. The third kappa shape index (κ3) is 4.58. The lowest BCUT2D eigenvalue weighted by molar-refractivity contribution is 0.240. The Morgan fingerprint density at radius 1 is 1.13 bits per heavy atom. The van der Waals surface area contributed by atoms with Crippen LogP contribution in [0, 0.1) is 20.8 Å². The zero-order chi connectivity index (χ0) is 16.8. The number of aryl methyl sites for hydroxylation is 3. The molecule has 5 nitrogen and oxygen atoms in total. The number of urea groups is 1.